The normalized spacial score (nSPS) is 10.2. The number of esters is 1. The monoisotopic (exact) mass is 323 g/mol. The van der Waals surface area contributed by atoms with E-state index < -0.39 is 0 Å². The zero-order valence-corrected chi connectivity index (χ0v) is 14.9. The van der Waals surface area contributed by atoms with Crippen LogP contribution in [-0.4, -0.2) is 17.1 Å². The Morgan fingerprint density at radius 3 is 2.46 bits per heavy atom. The van der Waals surface area contributed by atoms with Gasteiger partial charge in [0.15, 0.2) is 0 Å². The molecule has 3 aromatic rings. The van der Waals surface area contributed by atoms with Crippen molar-refractivity contribution in [3.05, 3.63) is 60.3 Å². The SMILES string of the molecule is CC.CCOC(=O)c1cccc(-c2ccc3ccn(CC)c3c2)c1. The molecule has 3 heteroatoms. The molecule has 3 rings (SSSR count). The van der Waals surface area contributed by atoms with Crippen LogP contribution < -0.4 is 0 Å². The molecule has 0 saturated carbocycles. The van der Waals surface area contributed by atoms with Crippen molar-refractivity contribution in [1.82, 2.24) is 4.57 Å². The van der Waals surface area contributed by atoms with E-state index in [4.69, 9.17) is 4.74 Å². The molecule has 24 heavy (non-hydrogen) atoms. The average Bonchev–Trinajstić information content (AvgIpc) is 3.06. The molecular formula is C21H25NO2. The van der Waals surface area contributed by atoms with Gasteiger partial charge in [-0.2, -0.15) is 0 Å². The van der Waals surface area contributed by atoms with Crippen molar-refractivity contribution in [2.24, 2.45) is 0 Å². The lowest BCUT2D eigenvalue weighted by molar-refractivity contribution is 0.0526. The van der Waals surface area contributed by atoms with E-state index in [0.717, 1.165) is 17.7 Å². The van der Waals surface area contributed by atoms with Gasteiger partial charge in [-0.3, -0.25) is 0 Å². The summed E-state index contributed by atoms with van der Waals surface area (Å²) in [6, 6.07) is 16.1. The van der Waals surface area contributed by atoms with Gasteiger partial charge in [0.1, 0.15) is 0 Å². The van der Waals surface area contributed by atoms with Crippen LogP contribution in [0.25, 0.3) is 22.0 Å². The quantitative estimate of drug-likeness (QED) is 0.591. The summed E-state index contributed by atoms with van der Waals surface area (Å²) in [5.41, 5.74) is 3.93. The number of hydrogen-bond donors (Lipinski definition) is 0. The molecule has 0 bridgehead atoms. The molecule has 0 atom stereocenters. The van der Waals surface area contributed by atoms with Gasteiger partial charge in [-0.05, 0) is 54.6 Å². The summed E-state index contributed by atoms with van der Waals surface area (Å²) in [7, 11) is 0. The van der Waals surface area contributed by atoms with Crippen molar-refractivity contribution in [3.63, 3.8) is 0 Å². The van der Waals surface area contributed by atoms with Crippen LogP contribution in [0.4, 0.5) is 0 Å². The summed E-state index contributed by atoms with van der Waals surface area (Å²) >= 11 is 0. The van der Waals surface area contributed by atoms with E-state index in [1.807, 2.05) is 39.0 Å². The van der Waals surface area contributed by atoms with Crippen molar-refractivity contribution in [2.75, 3.05) is 6.61 Å². The number of ether oxygens (including phenoxy) is 1. The molecule has 0 amide bonds. The van der Waals surface area contributed by atoms with Crippen molar-refractivity contribution >= 4 is 16.9 Å². The number of benzene rings is 2. The Kier molecular flexibility index (Phi) is 6.19. The summed E-state index contributed by atoms with van der Waals surface area (Å²) in [4.78, 5) is 11.9. The molecule has 1 aromatic heterocycles. The molecular weight excluding hydrogens is 298 g/mol. The maximum atomic E-state index is 11.9. The first kappa shape index (κ1) is 17.8. The highest BCUT2D eigenvalue weighted by molar-refractivity contribution is 5.92. The fourth-order valence-corrected chi connectivity index (χ4v) is 2.68. The van der Waals surface area contributed by atoms with Gasteiger partial charge < -0.3 is 9.30 Å². The van der Waals surface area contributed by atoms with E-state index in [-0.39, 0.29) is 5.97 Å². The molecule has 0 radical (unpaired) electrons. The molecule has 0 aliphatic heterocycles. The number of carbonyl (C=O) groups is 1. The molecule has 0 fully saturated rings. The fraction of sp³-hybridized carbons (Fsp3) is 0.286. The van der Waals surface area contributed by atoms with Crippen LogP contribution in [0, 0.1) is 0 Å². The number of nitrogens with zero attached hydrogens (tertiary/aromatic N) is 1. The maximum Gasteiger partial charge on any atom is 0.338 e. The molecule has 0 N–H and O–H groups in total. The van der Waals surface area contributed by atoms with E-state index in [1.165, 1.54) is 10.9 Å². The highest BCUT2D eigenvalue weighted by Crippen LogP contribution is 2.26. The minimum absolute atomic E-state index is 0.276. The summed E-state index contributed by atoms with van der Waals surface area (Å²) < 4.78 is 7.29. The lowest BCUT2D eigenvalue weighted by Gasteiger charge is -2.07. The van der Waals surface area contributed by atoms with E-state index >= 15 is 0 Å². The largest absolute Gasteiger partial charge is 0.462 e. The van der Waals surface area contributed by atoms with Crippen LogP contribution in [0.5, 0.6) is 0 Å². The molecule has 0 aliphatic rings. The first-order valence-corrected chi connectivity index (χ1v) is 8.59. The highest BCUT2D eigenvalue weighted by atomic mass is 16.5. The summed E-state index contributed by atoms with van der Waals surface area (Å²) in [5, 5.41) is 1.23. The van der Waals surface area contributed by atoms with Crippen LogP contribution >= 0.6 is 0 Å². The van der Waals surface area contributed by atoms with Crippen LogP contribution in [0.15, 0.2) is 54.7 Å². The molecule has 2 aromatic carbocycles. The van der Waals surface area contributed by atoms with Gasteiger partial charge in [0.05, 0.1) is 12.2 Å². The minimum atomic E-state index is -0.276. The standard InChI is InChI=1S/C19H19NO2.C2H6/c1-3-20-11-10-14-8-9-16(13-18(14)20)15-6-5-7-17(12-15)19(21)22-4-2;1-2/h5-13H,3-4H2,1-2H3;1-2H3. The third-order valence-electron chi connectivity index (χ3n) is 3.82. The first-order valence-electron chi connectivity index (χ1n) is 8.59. The zero-order chi connectivity index (χ0) is 17.5. The van der Waals surface area contributed by atoms with Crippen LogP contribution in [-0.2, 0) is 11.3 Å². The number of fused-ring (bicyclic) bond motifs is 1. The van der Waals surface area contributed by atoms with Crippen molar-refractivity contribution in [2.45, 2.75) is 34.2 Å². The molecule has 0 spiro atoms. The lowest BCUT2D eigenvalue weighted by atomic mass is 10.0. The average molecular weight is 323 g/mol. The number of hydrogen-bond acceptors (Lipinski definition) is 2. The van der Waals surface area contributed by atoms with E-state index in [1.54, 1.807) is 6.07 Å². The molecule has 126 valence electrons. The van der Waals surface area contributed by atoms with Crippen molar-refractivity contribution in [3.8, 4) is 11.1 Å². The van der Waals surface area contributed by atoms with Crippen molar-refractivity contribution < 1.29 is 9.53 Å². The predicted octanol–water partition coefficient (Wildman–Crippen LogP) is 5.53. The third kappa shape index (κ3) is 3.67. The van der Waals surface area contributed by atoms with E-state index in [2.05, 4.69) is 42.0 Å². The van der Waals surface area contributed by atoms with Crippen LogP contribution in [0.2, 0.25) is 0 Å². The predicted molar refractivity (Wildman–Crippen MR) is 100 cm³/mol. The van der Waals surface area contributed by atoms with Gasteiger partial charge in [-0.25, -0.2) is 4.79 Å². The second-order valence-corrected chi connectivity index (χ2v) is 5.18. The van der Waals surface area contributed by atoms with Crippen LogP contribution in [0.1, 0.15) is 38.1 Å². The Morgan fingerprint density at radius 1 is 1.00 bits per heavy atom. The molecule has 0 unspecified atom stereocenters. The number of aryl methyl sites for hydroxylation is 1. The van der Waals surface area contributed by atoms with E-state index in [9.17, 15) is 4.79 Å². The number of aromatic nitrogens is 1. The van der Waals surface area contributed by atoms with E-state index in [0.29, 0.717) is 12.2 Å². The van der Waals surface area contributed by atoms with Crippen molar-refractivity contribution in [1.29, 1.82) is 0 Å². The maximum absolute atomic E-state index is 11.9. The molecule has 0 saturated heterocycles. The number of carbonyl (C=O) groups excluding carboxylic acids is 1. The van der Waals surface area contributed by atoms with Gasteiger partial charge in [0.2, 0.25) is 0 Å². The molecule has 0 aliphatic carbocycles. The van der Waals surface area contributed by atoms with Gasteiger partial charge >= 0.3 is 5.97 Å². The second-order valence-electron chi connectivity index (χ2n) is 5.18. The first-order chi connectivity index (χ1) is 11.7. The fourth-order valence-electron chi connectivity index (χ4n) is 2.68. The minimum Gasteiger partial charge on any atom is -0.462 e. The smallest absolute Gasteiger partial charge is 0.338 e. The Hall–Kier alpha value is -2.55. The second kappa shape index (κ2) is 8.34. The Bertz CT molecular complexity index is 818. The Labute approximate surface area is 143 Å². The van der Waals surface area contributed by atoms with Gasteiger partial charge in [-0.1, -0.05) is 38.1 Å². The lowest BCUT2D eigenvalue weighted by Crippen LogP contribution is -2.04. The van der Waals surface area contributed by atoms with Gasteiger partial charge in [0.25, 0.3) is 0 Å². The van der Waals surface area contributed by atoms with Gasteiger partial charge in [-0.15, -0.1) is 0 Å². The highest BCUT2D eigenvalue weighted by Gasteiger charge is 2.09. The summed E-state index contributed by atoms with van der Waals surface area (Å²) in [6.45, 7) is 9.27. The number of rotatable bonds is 4. The molecule has 1 heterocycles. The third-order valence-corrected chi connectivity index (χ3v) is 3.82. The Morgan fingerprint density at radius 2 is 1.75 bits per heavy atom. The van der Waals surface area contributed by atoms with Gasteiger partial charge in [0, 0.05) is 18.3 Å². The summed E-state index contributed by atoms with van der Waals surface area (Å²) in [5.74, 6) is -0.276. The topological polar surface area (TPSA) is 31.2 Å². The van der Waals surface area contributed by atoms with Crippen LogP contribution in [0.3, 0.4) is 0 Å². The molecule has 3 nitrogen and oxygen atoms in total. The summed E-state index contributed by atoms with van der Waals surface area (Å²) in [6.07, 6.45) is 2.10. The Balaban J connectivity index is 0.00000100. The zero-order valence-electron chi connectivity index (χ0n) is 14.9.